The molecule has 1 aromatic heterocycles. The second kappa shape index (κ2) is 7.24. The van der Waals surface area contributed by atoms with Gasteiger partial charge < -0.3 is 20.4 Å². The van der Waals surface area contributed by atoms with E-state index in [9.17, 15) is 10.2 Å². The lowest BCUT2D eigenvalue weighted by molar-refractivity contribution is 0.138. The van der Waals surface area contributed by atoms with Crippen LogP contribution in [0.15, 0.2) is 12.4 Å². The van der Waals surface area contributed by atoms with Crippen LogP contribution in [0.2, 0.25) is 0 Å². The first kappa shape index (κ1) is 15.5. The van der Waals surface area contributed by atoms with Gasteiger partial charge in [0.2, 0.25) is 0 Å². The number of piperidine rings is 1. The predicted molar refractivity (Wildman–Crippen MR) is 85.9 cm³/mol. The number of rotatable bonds is 5. The average Bonchev–Trinajstić information content (AvgIpc) is 2.98. The van der Waals surface area contributed by atoms with Gasteiger partial charge in [-0.25, -0.2) is 9.97 Å². The Labute approximate surface area is 131 Å². The summed E-state index contributed by atoms with van der Waals surface area (Å²) >= 11 is 0. The number of aliphatic hydroxyl groups excluding tert-OH is 2. The molecule has 2 heterocycles. The van der Waals surface area contributed by atoms with Crippen molar-refractivity contribution >= 4 is 11.6 Å². The van der Waals surface area contributed by atoms with Gasteiger partial charge in [-0.3, -0.25) is 0 Å². The SMILES string of the molecule is OCC1CCCN(c2cc(NCC3CCCC3O)ncn2)C1. The van der Waals surface area contributed by atoms with E-state index in [1.54, 1.807) is 6.33 Å². The summed E-state index contributed by atoms with van der Waals surface area (Å²) in [5.41, 5.74) is 0. The van der Waals surface area contributed by atoms with Gasteiger partial charge in [0, 0.05) is 38.2 Å². The normalized spacial score (nSPS) is 28.8. The van der Waals surface area contributed by atoms with Crippen molar-refractivity contribution in [2.45, 2.75) is 38.2 Å². The van der Waals surface area contributed by atoms with Crippen molar-refractivity contribution in [1.29, 1.82) is 0 Å². The van der Waals surface area contributed by atoms with Crippen molar-refractivity contribution in [2.75, 3.05) is 36.5 Å². The molecule has 0 amide bonds. The highest BCUT2D eigenvalue weighted by atomic mass is 16.3. The van der Waals surface area contributed by atoms with Crippen molar-refractivity contribution in [3.05, 3.63) is 12.4 Å². The number of aromatic nitrogens is 2. The molecule has 3 rings (SSSR count). The standard InChI is InChI=1S/C16H26N4O2/c21-10-12-3-2-6-20(9-12)16-7-15(18-11-19-16)17-8-13-4-1-5-14(13)22/h7,11-14,21-22H,1-6,8-10H2,(H,17,18,19). The van der Waals surface area contributed by atoms with Crippen LogP contribution in [0.4, 0.5) is 11.6 Å². The molecule has 2 aliphatic rings. The quantitative estimate of drug-likeness (QED) is 0.760. The van der Waals surface area contributed by atoms with Gasteiger partial charge in [-0.1, -0.05) is 6.42 Å². The highest BCUT2D eigenvalue weighted by molar-refractivity contribution is 5.48. The minimum atomic E-state index is -0.179. The van der Waals surface area contributed by atoms with E-state index in [0.717, 1.165) is 63.4 Å². The van der Waals surface area contributed by atoms with Gasteiger partial charge in [0.15, 0.2) is 0 Å². The van der Waals surface area contributed by atoms with Crippen LogP contribution in [0.25, 0.3) is 0 Å². The molecule has 0 spiro atoms. The van der Waals surface area contributed by atoms with Gasteiger partial charge in [-0.05, 0) is 31.6 Å². The van der Waals surface area contributed by atoms with Gasteiger partial charge in [0.1, 0.15) is 18.0 Å². The molecule has 2 fully saturated rings. The van der Waals surface area contributed by atoms with Crippen molar-refractivity contribution in [3.63, 3.8) is 0 Å². The number of anilines is 2. The fourth-order valence-electron chi connectivity index (χ4n) is 3.53. The average molecular weight is 306 g/mol. The van der Waals surface area contributed by atoms with Crippen LogP contribution in [0.3, 0.4) is 0 Å². The Morgan fingerprint density at radius 1 is 1.23 bits per heavy atom. The first-order chi connectivity index (χ1) is 10.8. The molecule has 0 aromatic carbocycles. The molecule has 122 valence electrons. The maximum absolute atomic E-state index is 9.88. The zero-order valence-corrected chi connectivity index (χ0v) is 13.0. The van der Waals surface area contributed by atoms with Gasteiger partial charge in [0.25, 0.3) is 0 Å². The summed E-state index contributed by atoms with van der Waals surface area (Å²) in [6, 6.07) is 1.97. The Morgan fingerprint density at radius 3 is 2.91 bits per heavy atom. The summed E-state index contributed by atoms with van der Waals surface area (Å²) in [4.78, 5) is 10.9. The van der Waals surface area contributed by atoms with E-state index in [4.69, 9.17) is 0 Å². The molecule has 3 atom stereocenters. The molecular weight excluding hydrogens is 280 g/mol. The molecule has 0 radical (unpaired) electrons. The number of hydrogen-bond acceptors (Lipinski definition) is 6. The van der Waals surface area contributed by atoms with E-state index < -0.39 is 0 Å². The minimum absolute atomic E-state index is 0.179. The molecule has 1 saturated heterocycles. The molecule has 22 heavy (non-hydrogen) atoms. The Balaban J connectivity index is 1.59. The third-order valence-electron chi connectivity index (χ3n) is 4.92. The molecule has 1 saturated carbocycles. The van der Waals surface area contributed by atoms with Crippen LogP contribution in [-0.2, 0) is 0 Å². The molecule has 6 nitrogen and oxygen atoms in total. The van der Waals surface area contributed by atoms with Crippen LogP contribution < -0.4 is 10.2 Å². The lowest BCUT2D eigenvalue weighted by Crippen LogP contribution is -2.37. The van der Waals surface area contributed by atoms with Crippen molar-refractivity contribution in [3.8, 4) is 0 Å². The topological polar surface area (TPSA) is 81.5 Å². The maximum atomic E-state index is 9.88. The Bertz CT molecular complexity index is 485. The van der Waals surface area contributed by atoms with E-state index in [-0.39, 0.29) is 12.7 Å². The van der Waals surface area contributed by atoms with E-state index in [1.807, 2.05) is 6.07 Å². The fraction of sp³-hybridized carbons (Fsp3) is 0.750. The molecule has 1 aromatic rings. The third kappa shape index (κ3) is 3.67. The molecule has 3 N–H and O–H groups in total. The van der Waals surface area contributed by atoms with Gasteiger partial charge >= 0.3 is 0 Å². The lowest BCUT2D eigenvalue weighted by atomic mass is 9.99. The van der Waals surface area contributed by atoms with Crippen molar-refractivity contribution < 1.29 is 10.2 Å². The van der Waals surface area contributed by atoms with E-state index in [2.05, 4.69) is 20.2 Å². The van der Waals surface area contributed by atoms with E-state index in [0.29, 0.717) is 11.8 Å². The summed E-state index contributed by atoms with van der Waals surface area (Å²) in [5, 5.41) is 22.6. The van der Waals surface area contributed by atoms with Gasteiger partial charge in [-0.2, -0.15) is 0 Å². The van der Waals surface area contributed by atoms with Crippen LogP contribution in [0, 0.1) is 11.8 Å². The summed E-state index contributed by atoms with van der Waals surface area (Å²) in [6.07, 6.45) is 6.69. The van der Waals surface area contributed by atoms with Crippen molar-refractivity contribution in [1.82, 2.24) is 9.97 Å². The van der Waals surface area contributed by atoms with Gasteiger partial charge in [-0.15, -0.1) is 0 Å². The Morgan fingerprint density at radius 2 is 2.14 bits per heavy atom. The lowest BCUT2D eigenvalue weighted by Gasteiger charge is -2.32. The van der Waals surface area contributed by atoms with Gasteiger partial charge in [0.05, 0.1) is 6.10 Å². The second-order valence-corrected chi connectivity index (χ2v) is 6.54. The second-order valence-electron chi connectivity index (χ2n) is 6.54. The summed E-state index contributed by atoms with van der Waals surface area (Å²) in [5.74, 6) is 2.40. The molecule has 3 unspecified atom stereocenters. The zero-order chi connectivity index (χ0) is 15.4. The molecular formula is C16H26N4O2. The largest absolute Gasteiger partial charge is 0.396 e. The first-order valence-electron chi connectivity index (χ1n) is 8.36. The molecule has 0 bridgehead atoms. The van der Waals surface area contributed by atoms with Crippen LogP contribution >= 0.6 is 0 Å². The fourth-order valence-corrected chi connectivity index (χ4v) is 3.53. The van der Waals surface area contributed by atoms with Crippen LogP contribution in [-0.4, -0.2) is 52.5 Å². The molecule has 1 aliphatic carbocycles. The summed E-state index contributed by atoms with van der Waals surface area (Å²) < 4.78 is 0. The highest BCUT2D eigenvalue weighted by Crippen LogP contribution is 2.26. The predicted octanol–water partition coefficient (Wildman–Crippen LogP) is 1.26. The Hall–Kier alpha value is -1.40. The number of aliphatic hydroxyl groups is 2. The van der Waals surface area contributed by atoms with Crippen LogP contribution in [0.5, 0.6) is 0 Å². The van der Waals surface area contributed by atoms with E-state index in [1.165, 1.54) is 0 Å². The Kier molecular flexibility index (Phi) is 5.10. The monoisotopic (exact) mass is 306 g/mol. The minimum Gasteiger partial charge on any atom is -0.396 e. The first-order valence-corrected chi connectivity index (χ1v) is 8.36. The van der Waals surface area contributed by atoms with E-state index >= 15 is 0 Å². The maximum Gasteiger partial charge on any atom is 0.134 e. The number of nitrogens with zero attached hydrogens (tertiary/aromatic N) is 3. The highest BCUT2D eigenvalue weighted by Gasteiger charge is 2.25. The summed E-state index contributed by atoms with van der Waals surface area (Å²) in [6.45, 7) is 2.84. The zero-order valence-electron chi connectivity index (χ0n) is 13.0. The van der Waals surface area contributed by atoms with Crippen molar-refractivity contribution in [2.24, 2.45) is 11.8 Å². The van der Waals surface area contributed by atoms with Crippen LogP contribution in [0.1, 0.15) is 32.1 Å². The number of nitrogens with one attached hydrogen (secondary N) is 1. The summed E-state index contributed by atoms with van der Waals surface area (Å²) in [7, 11) is 0. The smallest absolute Gasteiger partial charge is 0.134 e. The number of hydrogen-bond donors (Lipinski definition) is 3. The third-order valence-corrected chi connectivity index (χ3v) is 4.92. The molecule has 1 aliphatic heterocycles. The molecule has 6 heteroatoms.